The first-order valence-electron chi connectivity index (χ1n) is 7.62. The van der Waals surface area contributed by atoms with E-state index in [1.807, 2.05) is 6.07 Å². The van der Waals surface area contributed by atoms with Crippen LogP contribution in [-0.2, 0) is 5.88 Å². The van der Waals surface area contributed by atoms with E-state index in [1.54, 1.807) is 6.07 Å². The number of rotatable bonds is 3. The van der Waals surface area contributed by atoms with Crippen molar-refractivity contribution in [3.05, 3.63) is 29.6 Å². The van der Waals surface area contributed by atoms with Crippen molar-refractivity contribution >= 4 is 17.3 Å². The van der Waals surface area contributed by atoms with E-state index in [0.717, 1.165) is 18.8 Å². The average molecular weight is 297 g/mol. The molecule has 20 heavy (non-hydrogen) atoms. The van der Waals surface area contributed by atoms with E-state index in [9.17, 15) is 4.39 Å². The molecule has 2 nitrogen and oxygen atoms in total. The molecule has 0 aliphatic carbocycles. The largest absolute Gasteiger partial charge is 0.370 e. The van der Waals surface area contributed by atoms with Crippen LogP contribution in [-0.4, -0.2) is 37.1 Å². The molecule has 3 rings (SSSR count). The van der Waals surface area contributed by atoms with E-state index in [0.29, 0.717) is 11.6 Å². The van der Waals surface area contributed by atoms with Gasteiger partial charge in [-0.15, -0.1) is 11.6 Å². The number of anilines is 1. The highest BCUT2D eigenvalue weighted by Gasteiger charge is 2.29. The van der Waals surface area contributed by atoms with Crippen molar-refractivity contribution in [2.45, 2.75) is 37.6 Å². The number of hydrogen-bond acceptors (Lipinski definition) is 2. The number of likely N-dealkylation sites (tertiary alicyclic amines) is 1. The molecule has 0 radical (unpaired) electrons. The van der Waals surface area contributed by atoms with E-state index >= 15 is 0 Å². The second-order valence-electron chi connectivity index (χ2n) is 5.86. The molecule has 0 spiro atoms. The topological polar surface area (TPSA) is 6.48 Å². The Bertz CT molecular complexity index is 460. The van der Waals surface area contributed by atoms with Crippen LogP contribution in [0.4, 0.5) is 10.1 Å². The fourth-order valence-electron chi connectivity index (χ4n) is 3.52. The van der Waals surface area contributed by atoms with Crippen LogP contribution >= 0.6 is 11.6 Å². The highest BCUT2D eigenvalue weighted by Crippen LogP contribution is 2.30. The molecule has 0 saturated carbocycles. The van der Waals surface area contributed by atoms with Gasteiger partial charge in [-0.3, -0.25) is 4.90 Å². The maximum Gasteiger partial charge on any atom is 0.129 e. The van der Waals surface area contributed by atoms with E-state index in [-0.39, 0.29) is 11.7 Å². The molecule has 1 atom stereocenters. The molecular weight excluding hydrogens is 275 g/mol. The third-order valence-corrected chi connectivity index (χ3v) is 4.91. The van der Waals surface area contributed by atoms with Crippen molar-refractivity contribution in [1.82, 2.24) is 4.90 Å². The first-order valence-corrected chi connectivity index (χ1v) is 8.15. The highest BCUT2D eigenvalue weighted by molar-refractivity contribution is 6.17. The molecule has 2 aliphatic rings. The Balaban J connectivity index is 1.72. The predicted octanol–water partition coefficient (Wildman–Crippen LogP) is 3.63. The number of nitrogens with zero attached hydrogens (tertiary/aromatic N) is 2. The quantitative estimate of drug-likeness (QED) is 0.786. The van der Waals surface area contributed by atoms with Crippen molar-refractivity contribution < 1.29 is 4.39 Å². The van der Waals surface area contributed by atoms with Gasteiger partial charge in [-0.25, -0.2) is 4.39 Å². The monoisotopic (exact) mass is 296 g/mol. The van der Waals surface area contributed by atoms with Crippen LogP contribution in [0.2, 0.25) is 0 Å². The molecule has 2 fully saturated rings. The Morgan fingerprint density at radius 3 is 2.70 bits per heavy atom. The SMILES string of the molecule is Fc1cccc(N2CCC(N3CCCCC3)C2)c1CCl. The zero-order valence-electron chi connectivity index (χ0n) is 11.8. The minimum Gasteiger partial charge on any atom is -0.370 e. The minimum atomic E-state index is -0.182. The van der Waals surface area contributed by atoms with Crippen LogP contribution in [0.15, 0.2) is 18.2 Å². The lowest BCUT2D eigenvalue weighted by Crippen LogP contribution is -2.41. The summed E-state index contributed by atoms with van der Waals surface area (Å²) in [5, 5.41) is 0. The van der Waals surface area contributed by atoms with Gasteiger partial charge in [0.2, 0.25) is 0 Å². The zero-order valence-corrected chi connectivity index (χ0v) is 12.6. The van der Waals surface area contributed by atoms with E-state index < -0.39 is 0 Å². The molecule has 2 saturated heterocycles. The summed E-state index contributed by atoms with van der Waals surface area (Å²) in [7, 11) is 0. The third-order valence-electron chi connectivity index (χ3n) is 4.64. The third kappa shape index (κ3) is 2.79. The van der Waals surface area contributed by atoms with Gasteiger partial charge in [-0.1, -0.05) is 12.5 Å². The van der Waals surface area contributed by atoms with Crippen molar-refractivity contribution in [3.63, 3.8) is 0 Å². The first kappa shape index (κ1) is 14.2. The van der Waals surface area contributed by atoms with Gasteiger partial charge in [0.1, 0.15) is 5.82 Å². The van der Waals surface area contributed by atoms with Crippen molar-refractivity contribution in [3.8, 4) is 0 Å². The Morgan fingerprint density at radius 1 is 1.15 bits per heavy atom. The smallest absolute Gasteiger partial charge is 0.129 e. The minimum absolute atomic E-state index is 0.182. The maximum absolute atomic E-state index is 13.8. The molecule has 1 aromatic carbocycles. The lowest BCUT2D eigenvalue weighted by Gasteiger charge is -2.32. The molecule has 110 valence electrons. The summed E-state index contributed by atoms with van der Waals surface area (Å²) in [5.74, 6) is 0.0614. The first-order chi connectivity index (χ1) is 9.79. The zero-order chi connectivity index (χ0) is 13.9. The summed E-state index contributed by atoms with van der Waals surface area (Å²) in [6.07, 6.45) is 5.19. The van der Waals surface area contributed by atoms with Crippen molar-refractivity contribution in [2.75, 3.05) is 31.1 Å². The summed E-state index contributed by atoms with van der Waals surface area (Å²) in [5.41, 5.74) is 1.63. The second-order valence-corrected chi connectivity index (χ2v) is 6.12. The lowest BCUT2D eigenvalue weighted by molar-refractivity contribution is 0.175. The van der Waals surface area contributed by atoms with E-state index in [4.69, 9.17) is 11.6 Å². The summed E-state index contributed by atoms with van der Waals surface area (Å²) < 4.78 is 13.8. The average Bonchev–Trinajstić information content (AvgIpc) is 2.97. The molecule has 4 heteroatoms. The van der Waals surface area contributed by atoms with Crippen LogP contribution in [0.25, 0.3) is 0 Å². The van der Waals surface area contributed by atoms with Gasteiger partial charge in [0.25, 0.3) is 0 Å². The molecule has 1 unspecified atom stereocenters. The maximum atomic E-state index is 13.8. The van der Waals surface area contributed by atoms with Crippen LogP contribution in [0, 0.1) is 5.82 Å². The Morgan fingerprint density at radius 2 is 1.95 bits per heavy atom. The van der Waals surface area contributed by atoms with Gasteiger partial charge in [0, 0.05) is 30.4 Å². The molecule has 2 heterocycles. The van der Waals surface area contributed by atoms with Crippen LogP contribution in [0.3, 0.4) is 0 Å². The van der Waals surface area contributed by atoms with Gasteiger partial charge in [-0.2, -0.15) is 0 Å². The fourth-order valence-corrected chi connectivity index (χ4v) is 3.78. The van der Waals surface area contributed by atoms with E-state index in [2.05, 4.69) is 9.80 Å². The molecule has 2 aliphatic heterocycles. The number of piperidine rings is 1. The molecular formula is C16H22ClFN2. The van der Waals surface area contributed by atoms with Gasteiger partial charge in [-0.05, 0) is 44.5 Å². The van der Waals surface area contributed by atoms with E-state index in [1.165, 1.54) is 44.8 Å². The summed E-state index contributed by atoms with van der Waals surface area (Å²) in [6.45, 7) is 4.47. The van der Waals surface area contributed by atoms with Gasteiger partial charge >= 0.3 is 0 Å². The fraction of sp³-hybridized carbons (Fsp3) is 0.625. The normalized spacial score (nSPS) is 24.3. The molecule has 0 amide bonds. The second kappa shape index (κ2) is 6.31. The Kier molecular flexibility index (Phi) is 4.47. The van der Waals surface area contributed by atoms with Crippen LogP contribution < -0.4 is 4.90 Å². The summed E-state index contributed by atoms with van der Waals surface area (Å²) >= 11 is 5.92. The molecule has 1 aromatic rings. The number of alkyl halides is 1. The highest BCUT2D eigenvalue weighted by atomic mass is 35.5. The van der Waals surface area contributed by atoms with Crippen molar-refractivity contribution in [1.29, 1.82) is 0 Å². The van der Waals surface area contributed by atoms with Gasteiger partial charge in [0.15, 0.2) is 0 Å². The van der Waals surface area contributed by atoms with Crippen LogP contribution in [0.1, 0.15) is 31.2 Å². The molecule has 0 N–H and O–H groups in total. The van der Waals surface area contributed by atoms with Gasteiger partial charge < -0.3 is 4.90 Å². The summed E-state index contributed by atoms with van der Waals surface area (Å²) in [6, 6.07) is 5.91. The molecule has 0 bridgehead atoms. The van der Waals surface area contributed by atoms with Gasteiger partial charge in [0.05, 0.1) is 5.88 Å². The van der Waals surface area contributed by atoms with Crippen molar-refractivity contribution in [2.24, 2.45) is 0 Å². The number of benzene rings is 1. The predicted molar refractivity (Wildman–Crippen MR) is 82.0 cm³/mol. The summed E-state index contributed by atoms with van der Waals surface area (Å²) in [4.78, 5) is 4.92. The molecule has 0 aromatic heterocycles. The number of hydrogen-bond donors (Lipinski definition) is 0. The Labute approximate surface area is 125 Å². The lowest BCUT2D eigenvalue weighted by atomic mass is 10.1. The standard InChI is InChI=1S/C16H22ClFN2/c17-11-14-15(18)5-4-6-16(14)20-10-7-13(12-20)19-8-2-1-3-9-19/h4-6,13H,1-3,7-12H2. The number of halogens is 2. The Hall–Kier alpha value is -0.800. The van der Waals surface area contributed by atoms with Crippen LogP contribution in [0.5, 0.6) is 0 Å².